The van der Waals surface area contributed by atoms with Gasteiger partial charge in [-0.05, 0) is 38.2 Å². The van der Waals surface area contributed by atoms with Crippen LogP contribution in [-0.4, -0.2) is 12.1 Å². The van der Waals surface area contributed by atoms with Crippen molar-refractivity contribution >= 4 is 5.97 Å². The van der Waals surface area contributed by atoms with Crippen LogP contribution in [0.2, 0.25) is 0 Å². The standard InChI is InChI=1S/C17H24O2/c1-13(2)19-17(18)16(14-9-5-3-6-10-14)15-11-7-4-8-12-15/h3,5-6,9-10,13,15-16H,4,7-8,11-12H2,1-2H3/t16-/m0/s1. The average molecular weight is 260 g/mol. The van der Waals surface area contributed by atoms with Crippen LogP contribution in [-0.2, 0) is 9.53 Å². The molecule has 2 heteroatoms. The highest BCUT2D eigenvalue weighted by molar-refractivity contribution is 5.78. The second-order valence-corrected chi connectivity index (χ2v) is 5.77. The summed E-state index contributed by atoms with van der Waals surface area (Å²) in [6.45, 7) is 3.83. The molecule has 0 aromatic heterocycles. The third-order valence-corrected chi connectivity index (χ3v) is 3.89. The highest BCUT2D eigenvalue weighted by atomic mass is 16.5. The third-order valence-electron chi connectivity index (χ3n) is 3.89. The Hall–Kier alpha value is -1.31. The minimum absolute atomic E-state index is 0.0395. The highest BCUT2D eigenvalue weighted by Gasteiger charge is 2.32. The number of benzene rings is 1. The quantitative estimate of drug-likeness (QED) is 0.754. The van der Waals surface area contributed by atoms with Crippen LogP contribution in [0.5, 0.6) is 0 Å². The van der Waals surface area contributed by atoms with Crippen molar-refractivity contribution in [1.82, 2.24) is 0 Å². The lowest BCUT2D eigenvalue weighted by Crippen LogP contribution is -2.27. The molecule has 1 aliphatic carbocycles. The van der Waals surface area contributed by atoms with E-state index in [0.29, 0.717) is 5.92 Å². The minimum atomic E-state index is -0.0797. The van der Waals surface area contributed by atoms with E-state index in [1.807, 2.05) is 32.0 Å². The third kappa shape index (κ3) is 3.82. The van der Waals surface area contributed by atoms with Crippen LogP contribution in [0.15, 0.2) is 30.3 Å². The van der Waals surface area contributed by atoms with E-state index >= 15 is 0 Å². The van der Waals surface area contributed by atoms with Gasteiger partial charge in [0.1, 0.15) is 0 Å². The van der Waals surface area contributed by atoms with Crippen molar-refractivity contribution in [2.75, 3.05) is 0 Å². The van der Waals surface area contributed by atoms with Crippen molar-refractivity contribution in [2.45, 2.75) is 58.0 Å². The zero-order chi connectivity index (χ0) is 13.7. The molecule has 1 aromatic carbocycles. The number of rotatable bonds is 4. The van der Waals surface area contributed by atoms with Gasteiger partial charge in [0.15, 0.2) is 0 Å². The number of hydrogen-bond acceptors (Lipinski definition) is 2. The van der Waals surface area contributed by atoms with E-state index in [2.05, 4.69) is 12.1 Å². The topological polar surface area (TPSA) is 26.3 Å². The van der Waals surface area contributed by atoms with E-state index in [1.165, 1.54) is 19.3 Å². The molecular formula is C17H24O2. The summed E-state index contributed by atoms with van der Waals surface area (Å²) in [7, 11) is 0. The lowest BCUT2D eigenvalue weighted by Gasteiger charge is -2.29. The molecule has 2 nitrogen and oxygen atoms in total. The first-order valence-electron chi connectivity index (χ1n) is 7.44. The number of esters is 1. The maximum Gasteiger partial charge on any atom is 0.313 e. The molecular weight excluding hydrogens is 236 g/mol. The Labute approximate surface area is 116 Å². The van der Waals surface area contributed by atoms with Gasteiger partial charge in [0.05, 0.1) is 12.0 Å². The Morgan fingerprint density at radius 3 is 2.32 bits per heavy atom. The molecule has 0 aliphatic heterocycles. The van der Waals surface area contributed by atoms with Gasteiger partial charge in [0.25, 0.3) is 0 Å². The van der Waals surface area contributed by atoms with E-state index in [-0.39, 0.29) is 18.0 Å². The molecule has 0 unspecified atom stereocenters. The van der Waals surface area contributed by atoms with E-state index in [1.54, 1.807) is 0 Å². The molecule has 1 aromatic rings. The van der Waals surface area contributed by atoms with Crippen LogP contribution >= 0.6 is 0 Å². The van der Waals surface area contributed by atoms with Crippen molar-refractivity contribution in [3.05, 3.63) is 35.9 Å². The van der Waals surface area contributed by atoms with Gasteiger partial charge < -0.3 is 4.74 Å². The predicted molar refractivity (Wildman–Crippen MR) is 77.0 cm³/mol. The fourth-order valence-corrected chi connectivity index (χ4v) is 3.03. The molecule has 2 rings (SSSR count). The Balaban J connectivity index is 2.19. The molecule has 104 valence electrons. The SMILES string of the molecule is CC(C)OC(=O)[C@@H](c1ccccc1)C1CCCCC1. The van der Waals surface area contributed by atoms with Crippen LogP contribution in [0.4, 0.5) is 0 Å². The maximum atomic E-state index is 12.4. The summed E-state index contributed by atoms with van der Waals surface area (Å²) in [6, 6.07) is 10.1. The Bertz CT molecular complexity index is 391. The van der Waals surface area contributed by atoms with Crippen molar-refractivity contribution in [2.24, 2.45) is 5.92 Å². The van der Waals surface area contributed by atoms with Crippen LogP contribution in [0, 0.1) is 5.92 Å². The maximum absolute atomic E-state index is 12.4. The van der Waals surface area contributed by atoms with E-state index in [0.717, 1.165) is 18.4 Å². The highest BCUT2D eigenvalue weighted by Crippen LogP contribution is 2.37. The van der Waals surface area contributed by atoms with Crippen LogP contribution < -0.4 is 0 Å². The summed E-state index contributed by atoms with van der Waals surface area (Å²) in [5.41, 5.74) is 1.11. The zero-order valence-corrected chi connectivity index (χ0v) is 12.0. The molecule has 0 saturated heterocycles. The van der Waals surface area contributed by atoms with Gasteiger partial charge in [-0.1, -0.05) is 49.6 Å². The van der Waals surface area contributed by atoms with Crippen molar-refractivity contribution in [3.8, 4) is 0 Å². The van der Waals surface area contributed by atoms with Crippen molar-refractivity contribution in [3.63, 3.8) is 0 Å². The second-order valence-electron chi connectivity index (χ2n) is 5.77. The lowest BCUT2D eigenvalue weighted by molar-refractivity contribution is -0.151. The van der Waals surface area contributed by atoms with Gasteiger partial charge in [-0.3, -0.25) is 4.79 Å². The van der Waals surface area contributed by atoms with Crippen molar-refractivity contribution in [1.29, 1.82) is 0 Å². The second kappa shape index (κ2) is 6.74. The molecule has 0 heterocycles. The summed E-state index contributed by atoms with van der Waals surface area (Å²) in [6.07, 6.45) is 6.03. The number of ether oxygens (including phenoxy) is 1. The normalized spacial score (nSPS) is 18.3. The summed E-state index contributed by atoms with van der Waals surface area (Å²) < 4.78 is 5.48. The smallest absolute Gasteiger partial charge is 0.313 e. The monoisotopic (exact) mass is 260 g/mol. The molecule has 19 heavy (non-hydrogen) atoms. The average Bonchev–Trinajstić information content (AvgIpc) is 2.40. The summed E-state index contributed by atoms with van der Waals surface area (Å²) >= 11 is 0. The van der Waals surface area contributed by atoms with Crippen LogP contribution in [0.25, 0.3) is 0 Å². The van der Waals surface area contributed by atoms with Gasteiger partial charge in [0, 0.05) is 0 Å². The van der Waals surface area contributed by atoms with E-state index in [4.69, 9.17) is 4.74 Å². The molecule has 0 spiro atoms. The summed E-state index contributed by atoms with van der Waals surface area (Å²) in [4.78, 5) is 12.4. The van der Waals surface area contributed by atoms with Crippen molar-refractivity contribution < 1.29 is 9.53 Å². The largest absolute Gasteiger partial charge is 0.462 e. The van der Waals surface area contributed by atoms with Gasteiger partial charge in [-0.2, -0.15) is 0 Å². The first-order chi connectivity index (χ1) is 9.18. The van der Waals surface area contributed by atoms with Crippen LogP contribution in [0.1, 0.15) is 57.4 Å². The van der Waals surface area contributed by atoms with E-state index < -0.39 is 0 Å². The number of carbonyl (C=O) groups is 1. The number of carbonyl (C=O) groups excluding carboxylic acids is 1. The Morgan fingerprint density at radius 2 is 1.74 bits per heavy atom. The predicted octanol–water partition coefficient (Wildman–Crippen LogP) is 4.30. The van der Waals surface area contributed by atoms with Gasteiger partial charge in [-0.15, -0.1) is 0 Å². The fourth-order valence-electron chi connectivity index (χ4n) is 3.03. The van der Waals surface area contributed by atoms with Crippen LogP contribution in [0.3, 0.4) is 0 Å². The first kappa shape index (κ1) is 14.1. The number of hydrogen-bond donors (Lipinski definition) is 0. The molecule has 1 fully saturated rings. The summed E-state index contributed by atoms with van der Waals surface area (Å²) in [5.74, 6) is 0.319. The zero-order valence-electron chi connectivity index (χ0n) is 12.0. The van der Waals surface area contributed by atoms with Gasteiger partial charge >= 0.3 is 5.97 Å². The lowest BCUT2D eigenvalue weighted by atomic mass is 9.77. The Kier molecular flexibility index (Phi) is 5.00. The molecule has 0 radical (unpaired) electrons. The molecule has 0 amide bonds. The molecule has 1 atom stereocenters. The Morgan fingerprint density at radius 1 is 1.11 bits per heavy atom. The summed E-state index contributed by atoms with van der Waals surface area (Å²) in [5, 5.41) is 0. The molecule has 0 N–H and O–H groups in total. The first-order valence-corrected chi connectivity index (χ1v) is 7.44. The van der Waals surface area contributed by atoms with Gasteiger partial charge in [0.2, 0.25) is 0 Å². The van der Waals surface area contributed by atoms with E-state index in [9.17, 15) is 4.79 Å². The molecule has 0 bridgehead atoms. The van der Waals surface area contributed by atoms with Gasteiger partial charge in [-0.25, -0.2) is 0 Å². The fraction of sp³-hybridized carbons (Fsp3) is 0.588. The molecule has 1 aliphatic rings. The minimum Gasteiger partial charge on any atom is -0.462 e. The molecule has 1 saturated carbocycles.